The van der Waals surface area contributed by atoms with Crippen LogP contribution in [0.5, 0.6) is 0 Å². The minimum Gasteiger partial charge on any atom is -0.422 e. The lowest BCUT2D eigenvalue weighted by atomic mass is 10.2. The molecule has 1 amide bonds. The molecule has 0 aliphatic rings. The highest BCUT2D eigenvalue weighted by Crippen LogP contribution is 2.20. The number of halogens is 1. The van der Waals surface area contributed by atoms with Crippen molar-refractivity contribution in [3.8, 4) is 0 Å². The first kappa shape index (κ1) is 19.2. The third-order valence-electron chi connectivity index (χ3n) is 4.38. The second-order valence-electron chi connectivity index (χ2n) is 6.22. The Balaban J connectivity index is 1.84. The highest BCUT2D eigenvalue weighted by Gasteiger charge is 2.16. The third kappa shape index (κ3) is 3.76. The second kappa shape index (κ2) is 8.10. The Hall–Kier alpha value is -3.10. The van der Waals surface area contributed by atoms with Gasteiger partial charge in [0.05, 0.1) is 16.8 Å². The van der Waals surface area contributed by atoms with Crippen molar-refractivity contribution in [3.63, 3.8) is 0 Å². The van der Waals surface area contributed by atoms with Gasteiger partial charge in [0.2, 0.25) is 0 Å². The van der Waals surface area contributed by atoms with Crippen LogP contribution in [-0.2, 0) is 11.3 Å². The summed E-state index contributed by atoms with van der Waals surface area (Å²) in [6.45, 7) is 3.06. The number of hydrogen-bond acceptors (Lipinski definition) is 5. The fourth-order valence-electron chi connectivity index (χ4n) is 3.04. The van der Waals surface area contributed by atoms with E-state index in [1.165, 1.54) is 23.5 Å². The number of carbonyl (C=O) groups excluding carboxylic acids is 1. The van der Waals surface area contributed by atoms with E-state index in [4.69, 9.17) is 9.15 Å². The number of carbonyl (C=O) groups is 1. The van der Waals surface area contributed by atoms with Gasteiger partial charge in [0.1, 0.15) is 17.0 Å². The van der Waals surface area contributed by atoms with Crippen molar-refractivity contribution < 1.29 is 18.3 Å². The van der Waals surface area contributed by atoms with Crippen LogP contribution in [-0.4, -0.2) is 23.7 Å². The quantitative estimate of drug-likeness (QED) is 0.370. The molecule has 0 aliphatic heterocycles. The molecule has 0 unspecified atom stereocenters. The van der Waals surface area contributed by atoms with Gasteiger partial charge in [-0.15, -0.1) is 0 Å². The molecule has 2 aromatic heterocycles. The van der Waals surface area contributed by atoms with Crippen LogP contribution >= 0.6 is 11.3 Å². The maximum absolute atomic E-state index is 14.4. The molecule has 0 N–H and O–H groups in total. The van der Waals surface area contributed by atoms with Gasteiger partial charge >= 0.3 is 5.63 Å². The first-order valence-corrected chi connectivity index (χ1v) is 9.87. The predicted octanol–water partition coefficient (Wildman–Crippen LogP) is 3.73. The zero-order chi connectivity index (χ0) is 20.4. The molecule has 0 radical (unpaired) electrons. The van der Waals surface area contributed by atoms with Gasteiger partial charge in [-0.25, -0.2) is 9.18 Å². The van der Waals surface area contributed by atoms with Crippen molar-refractivity contribution >= 4 is 38.4 Å². The smallest absolute Gasteiger partial charge is 0.349 e. The van der Waals surface area contributed by atoms with Crippen LogP contribution in [0.15, 0.2) is 62.7 Å². The summed E-state index contributed by atoms with van der Waals surface area (Å²) in [6, 6.07) is 13.1. The molecule has 0 saturated carbocycles. The highest BCUT2D eigenvalue weighted by atomic mass is 32.1. The molecule has 2 aromatic carbocycles. The van der Waals surface area contributed by atoms with Crippen molar-refractivity contribution in [2.75, 3.05) is 13.2 Å². The van der Waals surface area contributed by atoms with E-state index in [-0.39, 0.29) is 5.56 Å². The summed E-state index contributed by atoms with van der Waals surface area (Å²) in [4.78, 5) is 29.4. The zero-order valence-electron chi connectivity index (χ0n) is 15.6. The lowest BCUT2D eigenvalue weighted by Crippen LogP contribution is -2.22. The van der Waals surface area contributed by atoms with Crippen LogP contribution < -0.4 is 10.4 Å². The number of hydrogen-bond donors (Lipinski definition) is 0. The molecular formula is C21H17FN2O4S. The summed E-state index contributed by atoms with van der Waals surface area (Å²) in [7, 11) is 0. The molecule has 4 rings (SSSR count). The van der Waals surface area contributed by atoms with Gasteiger partial charge in [-0.3, -0.25) is 4.79 Å². The lowest BCUT2D eigenvalue weighted by Gasteiger charge is -2.06. The van der Waals surface area contributed by atoms with Gasteiger partial charge in [-0.1, -0.05) is 35.6 Å². The van der Waals surface area contributed by atoms with E-state index in [1.54, 1.807) is 41.0 Å². The Bertz CT molecular complexity index is 1340. The Morgan fingerprint density at radius 3 is 2.90 bits per heavy atom. The van der Waals surface area contributed by atoms with Crippen molar-refractivity contribution in [2.45, 2.75) is 13.5 Å². The lowest BCUT2D eigenvalue weighted by molar-refractivity contribution is 0.0993. The van der Waals surface area contributed by atoms with Crippen LogP contribution in [0.25, 0.3) is 21.2 Å². The number of ether oxygens (including phenoxy) is 1. The predicted molar refractivity (Wildman–Crippen MR) is 109 cm³/mol. The number of amides is 1. The number of para-hydroxylation sites is 2. The number of aromatic nitrogens is 1. The van der Waals surface area contributed by atoms with Crippen LogP contribution in [0.3, 0.4) is 0 Å². The molecule has 148 valence electrons. The molecule has 0 aliphatic carbocycles. The van der Waals surface area contributed by atoms with Crippen molar-refractivity contribution in [2.24, 2.45) is 4.99 Å². The maximum atomic E-state index is 14.4. The largest absolute Gasteiger partial charge is 0.422 e. The molecule has 0 spiro atoms. The molecule has 8 heteroatoms. The number of nitrogens with zero attached hydrogens (tertiary/aromatic N) is 2. The topological polar surface area (TPSA) is 73.8 Å². The zero-order valence-corrected chi connectivity index (χ0v) is 16.4. The number of fused-ring (bicyclic) bond motifs is 2. The Labute approximate surface area is 168 Å². The Morgan fingerprint density at radius 2 is 2.07 bits per heavy atom. The molecule has 0 fully saturated rings. The average Bonchev–Trinajstić information content (AvgIpc) is 3.06. The summed E-state index contributed by atoms with van der Waals surface area (Å²) in [5.74, 6) is -1.14. The molecule has 6 nitrogen and oxygen atoms in total. The van der Waals surface area contributed by atoms with E-state index < -0.39 is 17.3 Å². The highest BCUT2D eigenvalue weighted by molar-refractivity contribution is 7.16. The second-order valence-corrected chi connectivity index (χ2v) is 7.23. The molecule has 0 saturated heterocycles. The van der Waals surface area contributed by atoms with Crippen molar-refractivity contribution in [3.05, 3.63) is 75.1 Å². The molecule has 29 heavy (non-hydrogen) atoms. The normalized spacial score (nSPS) is 12.1. The first-order valence-electron chi connectivity index (χ1n) is 9.06. The average molecular weight is 412 g/mol. The summed E-state index contributed by atoms with van der Waals surface area (Å²) in [5, 5.41) is 0.622. The van der Waals surface area contributed by atoms with Gasteiger partial charge in [0.15, 0.2) is 4.80 Å². The van der Waals surface area contributed by atoms with Crippen molar-refractivity contribution in [1.29, 1.82) is 0 Å². The van der Waals surface area contributed by atoms with E-state index in [2.05, 4.69) is 4.99 Å². The molecule has 2 heterocycles. The standard InChI is InChI=1S/C21H17FN2O4S/c1-2-27-11-10-24-18-15(22)7-5-9-17(18)29-21(24)23-19(25)14-12-13-6-3-4-8-16(13)28-20(14)26/h3-9,12H,2,10-11H2,1H3. The summed E-state index contributed by atoms with van der Waals surface area (Å²) >= 11 is 1.18. The van der Waals surface area contributed by atoms with E-state index >= 15 is 0 Å². The van der Waals surface area contributed by atoms with Crippen LogP contribution in [0.2, 0.25) is 0 Å². The Kier molecular flexibility index (Phi) is 5.37. The van der Waals surface area contributed by atoms with Crippen molar-refractivity contribution in [1.82, 2.24) is 4.57 Å². The molecule has 0 atom stereocenters. The summed E-state index contributed by atoms with van der Waals surface area (Å²) in [5.41, 5.74) is -0.178. The summed E-state index contributed by atoms with van der Waals surface area (Å²) < 4.78 is 27.3. The fourth-order valence-corrected chi connectivity index (χ4v) is 4.11. The molecule has 0 bridgehead atoms. The van der Waals surface area contributed by atoms with E-state index in [0.717, 1.165) is 0 Å². The minimum absolute atomic E-state index is 0.169. The van der Waals surface area contributed by atoms with Gasteiger partial charge in [-0.05, 0) is 31.2 Å². The number of thiazole rings is 1. The van der Waals surface area contributed by atoms with Crippen LogP contribution in [0, 0.1) is 5.82 Å². The fraction of sp³-hybridized carbons (Fsp3) is 0.190. The van der Waals surface area contributed by atoms with Gasteiger partial charge in [0.25, 0.3) is 5.91 Å². The van der Waals surface area contributed by atoms with Crippen LogP contribution in [0.4, 0.5) is 4.39 Å². The maximum Gasteiger partial charge on any atom is 0.349 e. The van der Waals surface area contributed by atoms with E-state index in [9.17, 15) is 14.0 Å². The minimum atomic E-state index is -0.759. The molecular weight excluding hydrogens is 395 g/mol. The van der Waals surface area contributed by atoms with Crippen LogP contribution in [0.1, 0.15) is 17.3 Å². The SMILES string of the molecule is CCOCCn1c(=NC(=O)c2cc3ccccc3oc2=O)sc2cccc(F)c21. The van der Waals surface area contributed by atoms with E-state index in [1.807, 2.05) is 6.92 Å². The third-order valence-corrected chi connectivity index (χ3v) is 5.43. The summed E-state index contributed by atoms with van der Waals surface area (Å²) in [6.07, 6.45) is 0. The number of rotatable bonds is 5. The monoisotopic (exact) mass is 412 g/mol. The number of benzene rings is 2. The first-order chi connectivity index (χ1) is 14.1. The van der Waals surface area contributed by atoms with E-state index in [0.29, 0.717) is 45.7 Å². The Morgan fingerprint density at radius 1 is 1.24 bits per heavy atom. The molecule has 4 aromatic rings. The van der Waals surface area contributed by atoms with Gasteiger partial charge < -0.3 is 13.7 Å². The van der Waals surface area contributed by atoms with Gasteiger partial charge in [-0.2, -0.15) is 4.99 Å². The van der Waals surface area contributed by atoms with Gasteiger partial charge in [0, 0.05) is 18.5 Å².